The Bertz CT molecular complexity index is 1060. The highest BCUT2D eigenvalue weighted by Crippen LogP contribution is 2.40. The van der Waals surface area contributed by atoms with E-state index >= 15 is 0 Å². The second kappa shape index (κ2) is 11.2. The first-order valence-electron chi connectivity index (χ1n) is 12.6. The van der Waals surface area contributed by atoms with Gasteiger partial charge in [0.15, 0.2) is 0 Å². The summed E-state index contributed by atoms with van der Waals surface area (Å²) in [6.45, 7) is 12.1. The average Bonchev–Trinajstić information content (AvgIpc) is 3.15. The maximum absolute atomic E-state index is 13.5. The van der Waals surface area contributed by atoms with Crippen molar-refractivity contribution in [3.8, 4) is 16.9 Å². The third kappa shape index (κ3) is 7.25. The van der Waals surface area contributed by atoms with Gasteiger partial charge in [0.2, 0.25) is 0 Å². The van der Waals surface area contributed by atoms with Crippen LogP contribution in [0.25, 0.3) is 11.1 Å². The number of carbonyl (C=O) groups is 1. The van der Waals surface area contributed by atoms with E-state index in [4.69, 9.17) is 26.8 Å². The zero-order valence-corrected chi connectivity index (χ0v) is 22.9. The molecule has 198 valence electrons. The van der Waals surface area contributed by atoms with E-state index < -0.39 is 24.0 Å². The second-order valence-corrected chi connectivity index (χ2v) is 11.9. The van der Waals surface area contributed by atoms with Gasteiger partial charge >= 0.3 is 6.09 Å². The number of rotatable bonds is 9. The third-order valence-electron chi connectivity index (χ3n) is 6.48. The Labute approximate surface area is 219 Å². The fraction of sp³-hybridized carbons (Fsp3) is 0.571. The molecule has 0 saturated heterocycles. The van der Waals surface area contributed by atoms with Crippen LogP contribution in [-0.2, 0) is 4.74 Å². The average molecular weight is 520 g/mol. The van der Waals surface area contributed by atoms with Gasteiger partial charge in [-0.2, -0.15) is 0 Å². The van der Waals surface area contributed by atoms with Gasteiger partial charge in [-0.1, -0.05) is 52.3 Å². The molecular weight excluding hydrogens is 481 g/mol. The normalized spacial score (nSPS) is 20.6. The molecule has 4 unspecified atom stereocenters. The highest BCUT2D eigenvalue weighted by Gasteiger charge is 2.47. The molecule has 8 heteroatoms. The Morgan fingerprint density at radius 1 is 1.19 bits per heavy atom. The van der Waals surface area contributed by atoms with Crippen LogP contribution >= 0.6 is 11.6 Å². The number of primary amides is 1. The van der Waals surface area contributed by atoms with E-state index in [0.29, 0.717) is 35.9 Å². The Kier molecular flexibility index (Phi) is 8.75. The van der Waals surface area contributed by atoms with Crippen LogP contribution in [0.2, 0.25) is 5.02 Å². The molecule has 1 amide bonds. The lowest BCUT2D eigenvalue weighted by Gasteiger charge is -2.44. The minimum atomic E-state index is -0.954. The maximum Gasteiger partial charge on any atom is 0.405 e. The van der Waals surface area contributed by atoms with Crippen LogP contribution in [0, 0.1) is 11.3 Å². The quantitative estimate of drug-likeness (QED) is 0.360. The number of carbonyl (C=O) groups excluding carboxylic acids is 1. The summed E-state index contributed by atoms with van der Waals surface area (Å²) in [6, 6.07) is 9.55. The number of nitrogens with two attached hydrogens (primary N) is 1. The summed E-state index contributed by atoms with van der Waals surface area (Å²) in [4.78, 5) is 16.2. The number of aromatic nitrogens is 1. The van der Waals surface area contributed by atoms with E-state index in [1.807, 2.05) is 58.0 Å². The maximum atomic E-state index is 13.5. The van der Waals surface area contributed by atoms with Gasteiger partial charge in [0, 0.05) is 17.7 Å². The van der Waals surface area contributed by atoms with Gasteiger partial charge in [0.1, 0.15) is 29.4 Å². The molecule has 3 rings (SSSR count). The van der Waals surface area contributed by atoms with Crippen LogP contribution in [0.3, 0.4) is 0 Å². The van der Waals surface area contributed by atoms with Gasteiger partial charge in [-0.05, 0) is 73.9 Å². The number of ether oxygens (including phenoxy) is 2. The summed E-state index contributed by atoms with van der Waals surface area (Å²) >= 11 is 6.70. The van der Waals surface area contributed by atoms with Crippen molar-refractivity contribution in [3.05, 3.63) is 41.6 Å². The number of hydrogen-bond acceptors (Lipinski definition) is 5. The molecule has 3 N–H and O–H groups in total. The molecule has 0 radical (unpaired) electrons. The van der Waals surface area contributed by atoms with Crippen LogP contribution in [0.15, 0.2) is 36.5 Å². The molecule has 0 spiro atoms. The van der Waals surface area contributed by atoms with Crippen molar-refractivity contribution >= 4 is 23.5 Å². The molecule has 6 nitrogen and oxygen atoms in total. The molecule has 36 heavy (non-hydrogen) atoms. The molecule has 0 bridgehead atoms. The minimum Gasteiger partial charge on any atom is -0.484 e. The number of halogens is 2. The van der Waals surface area contributed by atoms with E-state index in [1.54, 1.807) is 6.20 Å². The smallest absolute Gasteiger partial charge is 0.405 e. The minimum absolute atomic E-state index is 0.0965. The second-order valence-electron chi connectivity index (χ2n) is 11.5. The van der Waals surface area contributed by atoms with Crippen molar-refractivity contribution in [3.63, 3.8) is 0 Å². The topological polar surface area (TPSA) is 86.5 Å². The monoisotopic (exact) mass is 519 g/mol. The molecule has 2 aromatic rings. The largest absolute Gasteiger partial charge is 0.484 e. The van der Waals surface area contributed by atoms with Crippen molar-refractivity contribution < 1.29 is 18.7 Å². The molecule has 4 atom stereocenters. The summed E-state index contributed by atoms with van der Waals surface area (Å²) in [7, 11) is 0. The lowest BCUT2D eigenvalue weighted by Crippen LogP contribution is -2.54. The lowest BCUT2D eigenvalue weighted by molar-refractivity contribution is -0.107. The summed E-state index contributed by atoms with van der Waals surface area (Å²) in [6.07, 6.45) is 2.11. The molecule has 1 aliphatic carbocycles. The Morgan fingerprint density at radius 2 is 1.89 bits per heavy atom. The van der Waals surface area contributed by atoms with E-state index in [9.17, 15) is 9.18 Å². The van der Waals surface area contributed by atoms with E-state index in [-0.39, 0.29) is 17.4 Å². The summed E-state index contributed by atoms with van der Waals surface area (Å²) in [5.41, 5.74) is 5.94. The summed E-state index contributed by atoms with van der Waals surface area (Å²) in [5, 5.41) is 3.78. The standard InChI is InChI=1S/C28H39ClFN3O3/c1-17(2)16-28(6,36-26(31)34)25(27(3,4)5)35-23-10-7-18(13-22(23)29)19-11-12-32-24(14-19)33-21-9-8-20(30)15-21/h7,10-14,17,20-21,25H,8-9,15-16H2,1-6H3,(H2,31,34)(H,32,33). The van der Waals surface area contributed by atoms with Crippen molar-refractivity contribution in [1.29, 1.82) is 0 Å². The van der Waals surface area contributed by atoms with Crippen LogP contribution < -0.4 is 15.8 Å². The molecule has 0 aliphatic heterocycles. The number of benzene rings is 1. The zero-order chi connectivity index (χ0) is 26.7. The van der Waals surface area contributed by atoms with Crippen LogP contribution in [0.1, 0.15) is 67.2 Å². The number of alkyl halides is 1. The van der Waals surface area contributed by atoms with E-state index in [1.165, 1.54) is 0 Å². The lowest BCUT2D eigenvalue weighted by atomic mass is 9.75. The molecule has 1 aliphatic rings. The van der Waals surface area contributed by atoms with Gasteiger partial charge < -0.3 is 20.5 Å². The first-order chi connectivity index (χ1) is 16.8. The van der Waals surface area contributed by atoms with E-state index in [2.05, 4.69) is 24.1 Å². The summed E-state index contributed by atoms with van der Waals surface area (Å²) < 4.78 is 25.7. The van der Waals surface area contributed by atoms with E-state index in [0.717, 1.165) is 17.5 Å². The summed E-state index contributed by atoms with van der Waals surface area (Å²) in [5.74, 6) is 1.45. The highest BCUT2D eigenvalue weighted by atomic mass is 35.5. The molecule has 1 aromatic carbocycles. The fourth-order valence-electron chi connectivity index (χ4n) is 5.32. The van der Waals surface area contributed by atoms with Gasteiger partial charge in [-0.15, -0.1) is 0 Å². The van der Waals surface area contributed by atoms with Gasteiger partial charge in [0.05, 0.1) is 5.02 Å². The molecule has 1 saturated carbocycles. The van der Waals surface area contributed by atoms with Crippen molar-refractivity contribution in [2.24, 2.45) is 17.1 Å². The fourth-order valence-corrected chi connectivity index (χ4v) is 5.54. The van der Waals surface area contributed by atoms with Crippen molar-refractivity contribution in [2.75, 3.05) is 5.32 Å². The molecular formula is C28H39ClFN3O3. The van der Waals surface area contributed by atoms with Crippen LogP contribution in [0.5, 0.6) is 5.75 Å². The highest BCUT2D eigenvalue weighted by molar-refractivity contribution is 6.32. The predicted octanol–water partition coefficient (Wildman–Crippen LogP) is 7.40. The molecule has 1 heterocycles. The number of pyridine rings is 1. The van der Waals surface area contributed by atoms with Crippen molar-refractivity contribution in [1.82, 2.24) is 4.98 Å². The molecule has 1 aromatic heterocycles. The number of amides is 1. The Morgan fingerprint density at radius 3 is 2.44 bits per heavy atom. The number of anilines is 1. The van der Waals surface area contributed by atoms with Crippen LogP contribution in [0.4, 0.5) is 15.0 Å². The van der Waals surface area contributed by atoms with Crippen LogP contribution in [-0.4, -0.2) is 35.0 Å². The number of hydrogen-bond donors (Lipinski definition) is 2. The first-order valence-corrected chi connectivity index (χ1v) is 13.0. The third-order valence-corrected chi connectivity index (χ3v) is 6.77. The zero-order valence-electron chi connectivity index (χ0n) is 22.1. The van der Waals surface area contributed by atoms with Gasteiger partial charge in [0.25, 0.3) is 0 Å². The predicted molar refractivity (Wildman–Crippen MR) is 143 cm³/mol. The number of nitrogens with one attached hydrogen (secondary N) is 1. The molecule has 1 fully saturated rings. The Hall–Kier alpha value is -2.54. The first kappa shape index (κ1) is 28.0. The Balaban J connectivity index is 1.85. The van der Waals surface area contributed by atoms with Gasteiger partial charge in [-0.25, -0.2) is 14.2 Å². The number of nitrogens with zero attached hydrogens (tertiary/aromatic N) is 1. The van der Waals surface area contributed by atoms with Crippen molar-refractivity contribution in [2.45, 2.75) is 91.1 Å². The SMILES string of the molecule is CC(C)CC(C)(OC(N)=O)C(Oc1ccc(-c2ccnc(NC3CCC(F)C3)c2)cc1Cl)C(C)(C)C. The van der Waals surface area contributed by atoms with Gasteiger partial charge in [-0.3, -0.25) is 0 Å².